The van der Waals surface area contributed by atoms with Gasteiger partial charge in [-0.2, -0.15) is 13.2 Å². The molecule has 2 aliphatic rings. The number of hydrogen-bond donors (Lipinski definition) is 0. The Kier molecular flexibility index (Phi) is 6.58. The molecule has 2 fully saturated rings. The molecule has 0 aliphatic carbocycles. The highest BCUT2D eigenvalue weighted by Crippen LogP contribution is 2.28. The van der Waals surface area contributed by atoms with Crippen LogP contribution in [-0.4, -0.2) is 89.3 Å². The number of nitrogens with zero attached hydrogens (tertiary/aromatic N) is 5. The van der Waals surface area contributed by atoms with E-state index in [0.717, 1.165) is 12.4 Å². The summed E-state index contributed by atoms with van der Waals surface area (Å²) < 4.78 is 48.9. The first-order chi connectivity index (χ1) is 14.4. The number of piperazine rings is 1. The highest BCUT2D eigenvalue weighted by atomic mass is 19.4. The summed E-state index contributed by atoms with van der Waals surface area (Å²) in [6, 6.07) is 0. The fourth-order valence-corrected chi connectivity index (χ4v) is 3.25. The summed E-state index contributed by atoms with van der Waals surface area (Å²) in [5.74, 6) is -0.0497. The van der Waals surface area contributed by atoms with Crippen LogP contribution in [0.5, 0.6) is 0 Å². The molecule has 2 saturated heterocycles. The summed E-state index contributed by atoms with van der Waals surface area (Å²) in [5, 5.41) is 0. The van der Waals surface area contributed by atoms with E-state index in [1.54, 1.807) is 30.6 Å². The molecule has 0 spiro atoms. The van der Waals surface area contributed by atoms with E-state index in [9.17, 15) is 22.8 Å². The van der Waals surface area contributed by atoms with Gasteiger partial charge in [0.1, 0.15) is 5.60 Å². The summed E-state index contributed by atoms with van der Waals surface area (Å²) in [4.78, 5) is 37.5. The van der Waals surface area contributed by atoms with Crippen LogP contribution >= 0.6 is 0 Å². The Hall–Kier alpha value is -2.63. The predicted octanol–water partition coefficient (Wildman–Crippen LogP) is 1.78. The van der Waals surface area contributed by atoms with E-state index >= 15 is 0 Å². The lowest BCUT2D eigenvalue weighted by atomic mass is 10.2. The predicted molar refractivity (Wildman–Crippen MR) is 103 cm³/mol. The molecular formula is C19H26F3N5O4. The SMILES string of the molecule is CC(C)(C)OC(=O)N1CCO[C@@H](C(=O)N2CCN(c3ncc(C(F)(F)F)cn3)CC2)C1. The van der Waals surface area contributed by atoms with Gasteiger partial charge in [-0.25, -0.2) is 14.8 Å². The van der Waals surface area contributed by atoms with Crippen molar-refractivity contribution in [1.82, 2.24) is 19.8 Å². The number of rotatable bonds is 2. The van der Waals surface area contributed by atoms with Crippen LogP contribution in [0.4, 0.5) is 23.9 Å². The Morgan fingerprint density at radius 1 is 1.03 bits per heavy atom. The van der Waals surface area contributed by atoms with Crippen molar-refractivity contribution in [3.8, 4) is 0 Å². The summed E-state index contributed by atoms with van der Waals surface area (Å²) in [7, 11) is 0. The van der Waals surface area contributed by atoms with E-state index in [0.29, 0.717) is 32.7 Å². The zero-order chi connectivity index (χ0) is 22.8. The second kappa shape index (κ2) is 8.85. The van der Waals surface area contributed by atoms with Crippen LogP contribution in [-0.2, 0) is 20.4 Å². The molecule has 0 aromatic carbocycles. The van der Waals surface area contributed by atoms with Crippen molar-refractivity contribution in [2.24, 2.45) is 0 Å². The molecule has 0 radical (unpaired) electrons. The van der Waals surface area contributed by atoms with Crippen LogP contribution in [0.15, 0.2) is 12.4 Å². The fourth-order valence-electron chi connectivity index (χ4n) is 3.25. The van der Waals surface area contributed by atoms with E-state index < -0.39 is 29.5 Å². The lowest BCUT2D eigenvalue weighted by Gasteiger charge is -2.39. The van der Waals surface area contributed by atoms with Gasteiger partial charge in [0.05, 0.1) is 18.7 Å². The zero-order valence-electron chi connectivity index (χ0n) is 17.7. The topological polar surface area (TPSA) is 88.1 Å². The minimum Gasteiger partial charge on any atom is -0.444 e. The minimum absolute atomic E-state index is 0.107. The molecule has 9 nitrogen and oxygen atoms in total. The van der Waals surface area contributed by atoms with Crippen LogP contribution in [0.2, 0.25) is 0 Å². The number of carbonyl (C=O) groups excluding carboxylic acids is 2. The third kappa shape index (κ3) is 5.96. The Labute approximate surface area is 178 Å². The Morgan fingerprint density at radius 3 is 2.19 bits per heavy atom. The van der Waals surface area contributed by atoms with Gasteiger partial charge in [-0.1, -0.05) is 0 Å². The number of morpholine rings is 1. The number of amides is 2. The maximum Gasteiger partial charge on any atom is 0.419 e. The number of carbonyl (C=O) groups is 2. The normalized spacial score (nSPS) is 20.6. The number of anilines is 1. The smallest absolute Gasteiger partial charge is 0.419 e. The van der Waals surface area contributed by atoms with E-state index in [1.807, 2.05) is 0 Å². The zero-order valence-corrected chi connectivity index (χ0v) is 17.7. The molecule has 1 aromatic rings. The van der Waals surface area contributed by atoms with E-state index in [2.05, 4.69) is 9.97 Å². The molecule has 3 heterocycles. The molecular weight excluding hydrogens is 419 g/mol. The highest BCUT2D eigenvalue weighted by molar-refractivity contribution is 5.82. The molecule has 2 amide bonds. The van der Waals surface area contributed by atoms with Crippen LogP contribution in [0.1, 0.15) is 26.3 Å². The summed E-state index contributed by atoms with van der Waals surface area (Å²) >= 11 is 0. The van der Waals surface area contributed by atoms with Gasteiger partial charge < -0.3 is 24.2 Å². The molecule has 1 aromatic heterocycles. The number of ether oxygens (including phenoxy) is 2. The van der Waals surface area contributed by atoms with Gasteiger partial charge in [-0.15, -0.1) is 0 Å². The maximum absolute atomic E-state index is 12.9. The van der Waals surface area contributed by atoms with Gasteiger partial charge in [-0.05, 0) is 20.8 Å². The standard InChI is InChI=1S/C19H26F3N5O4/c1-18(2,3)31-17(29)27-8-9-30-14(12-27)15(28)25-4-6-26(7-5-25)16-23-10-13(11-24-16)19(20,21)22/h10-11,14H,4-9,12H2,1-3H3/t14-/m1/s1. The minimum atomic E-state index is -4.49. The van der Waals surface area contributed by atoms with Gasteiger partial charge in [-0.3, -0.25) is 4.79 Å². The number of alkyl halides is 3. The molecule has 31 heavy (non-hydrogen) atoms. The maximum atomic E-state index is 12.9. The van der Waals surface area contributed by atoms with E-state index in [-0.39, 0.29) is 25.0 Å². The van der Waals surface area contributed by atoms with Crippen molar-refractivity contribution in [3.05, 3.63) is 18.0 Å². The van der Waals surface area contributed by atoms with Crippen LogP contribution in [0, 0.1) is 0 Å². The van der Waals surface area contributed by atoms with Gasteiger partial charge in [0.2, 0.25) is 5.95 Å². The highest BCUT2D eigenvalue weighted by Gasteiger charge is 2.36. The second-order valence-electron chi connectivity index (χ2n) is 8.37. The molecule has 0 unspecified atom stereocenters. The average Bonchev–Trinajstić information content (AvgIpc) is 2.72. The lowest BCUT2D eigenvalue weighted by Crippen LogP contribution is -2.57. The number of halogens is 3. The van der Waals surface area contributed by atoms with Gasteiger partial charge in [0, 0.05) is 45.1 Å². The largest absolute Gasteiger partial charge is 0.444 e. The van der Waals surface area contributed by atoms with Crippen LogP contribution in [0.3, 0.4) is 0 Å². The number of hydrogen-bond acceptors (Lipinski definition) is 7. The molecule has 0 saturated carbocycles. The average molecular weight is 445 g/mol. The van der Waals surface area contributed by atoms with Gasteiger partial charge >= 0.3 is 12.3 Å². The summed E-state index contributed by atoms with van der Waals surface area (Å²) in [6.45, 7) is 7.43. The molecule has 12 heteroatoms. The van der Waals surface area contributed by atoms with Crippen molar-refractivity contribution in [2.45, 2.75) is 38.7 Å². The molecule has 0 bridgehead atoms. The monoisotopic (exact) mass is 445 g/mol. The first-order valence-electron chi connectivity index (χ1n) is 9.96. The summed E-state index contributed by atoms with van der Waals surface area (Å²) in [6.07, 6.45) is -4.26. The fraction of sp³-hybridized carbons (Fsp3) is 0.684. The van der Waals surface area contributed by atoms with Crippen molar-refractivity contribution in [2.75, 3.05) is 50.8 Å². The summed E-state index contributed by atoms with van der Waals surface area (Å²) in [5.41, 5.74) is -1.54. The van der Waals surface area contributed by atoms with Crippen LogP contribution < -0.4 is 4.90 Å². The van der Waals surface area contributed by atoms with Gasteiger partial charge in [0.15, 0.2) is 6.10 Å². The Balaban J connectivity index is 1.53. The van der Waals surface area contributed by atoms with E-state index in [4.69, 9.17) is 9.47 Å². The lowest BCUT2D eigenvalue weighted by molar-refractivity contribution is -0.149. The second-order valence-corrected chi connectivity index (χ2v) is 8.37. The van der Waals surface area contributed by atoms with Crippen molar-refractivity contribution < 1.29 is 32.2 Å². The first kappa shape index (κ1) is 23.0. The molecule has 2 aliphatic heterocycles. The first-order valence-corrected chi connectivity index (χ1v) is 9.96. The molecule has 1 atom stereocenters. The van der Waals surface area contributed by atoms with Crippen molar-refractivity contribution >= 4 is 17.9 Å². The third-order valence-electron chi connectivity index (χ3n) is 4.83. The molecule has 172 valence electrons. The van der Waals surface area contributed by atoms with Crippen molar-refractivity contribution in [3.63, 3.8) is 0 Å². The number of aromatic nitrogens is 2. The van der Waals surface area contributed by atoms with Crippen LogP contribution in [0.25, 0.3) is 0 Å². The third-order valence-corrected chi connectivity index (χ3v) is 4.83. The Bertz CT molecular complexity index is 789. The quantitative estimate of drug-likeness (QED) is 0.686. The van der Waals surface area contributed by atoms with E-state index in [1.165, 1.54) is 4.90 Å². The van der Waals surface area contributed by atoms with Gasteiger partial charge in [0.25, 0.3) is 5.91 Å². The molecule has 3 rings (SSSR count). The Morgan fingerprint density at radius 2 is 1.65 bits per heavy atom. The molecule has 0 N–H and O–H groups in total. The van der Waals surface area contributed by atoms with Crippen molar-refractivity contribution in [1.29, 1.82) is 0 Å².